The summed E-state index contributed by atoms with van der Waals surface area (Å²) in [4.78, 5) is 16.0. The minimum Gasteiger partial charge on any atom is -0.494 e. The molecular formula is C17H25FN2O3. The van der Waals surface area contributed by atoms with Crippen LogP contribution < -0.4 is 4.74 Å². The Kier molecular flexibility index (Phi) is 6.36. The Hall–Kier alpha value is -1.66. The van der Waals surface area contributed by atoms with E-state index < -0.39 is 5.82 Å². The molecule has 1 aromatic rings. The number of nitrogens with zero attached hydrogens (tertiary/aromatic N) is 2. The third kappa shape index (κ3) is 4.91. The van der Waals surface area contributed by atoms with E-state index in [4.69, 9.17) is 4.74 Å². The Labute approximate surface area is 136 Å². The summed E-state index contributed by atoms with van der Waals surface area (Å²) < 4.78 is 18.6. The fourth-order valence-electron chi connectivity index (χ4n) is 2.93. The highest BCUT2D eigenvalue weighted by Gasteiger charge is 2.22. The number of ether oxygens (including phenoxy) is 1. The van der Waals surface area contributed by atoms with Crippen molar-refractivity contribution in [2.24, 2.45) is 5.92 Å². The molecule has 0 aromatic heterocycles. The maximum Gasteiger partial charge on any atom is 0.236 e. The van der Waals surface area contributed by atoms with Gasteiger partial charge in [0.2, 0.25) is 5.91 Å². The van der Waals surface area contributed by atoms with Crippen molar-refractivity contribution < 1.29 is 19.0 Å². The molecule has 2 rings (SSSR count). The Morgan fingerprint density at radius 2 is 2.30 bits per heavy atom. The molecule has 1 heterocycles. The van der Waals surface area contributed by atoms with Gasteiger partial charge in [0.15, 0.2) is 11.6 Å². The summed E-state index contributed by atoms with van der Waals surface area (Å²) in [6.45, 7) is 2.51. The fourth-order valence-corrected chi connectivity index (χ4v) is 2.93. The lowest BCUT2D eigenvalue weighted by molar-refractivity contribution is -0.132. The number of halogens is 1. The van der Waals surface area contributed by atoms with Gasteiger partial charge >= 0.3 is 0 Å². The van der Waals surface area contributed by atoms with Crippen LogP contribution in [0.25, 0.3) is 0 Å². The molecule has 1 aromatic carbocycles. The van der Waals surface area contributed by atoms with Gasteiger partial charge in [0.1, 0.15) is 0 Å². The van der Waals surface area contributed by atoms with Gasteiger partial charge in [-0.3, -0.25) is 9.69 Å². The van der Waals surface area contributed by atoms with Gasteiger partial charge in [-0.2, -0.15) is 0 Å². The van der Waals surface area contributed by atoms with Crippen molar-refractivity contribution >= 4 is 5.91 Å². The van der Waals surface area contributed by atoms with Gasteiger partial charge in [0.25, 0.3) is 0 Å². The van der Waals surface area contributed by atoms with E-state index in [1.54, 1.807) is 24.1 Å². The molecule has 1 unspecified atom stereocenters. The molecule has 1 N–H and O–H groups in total. The highest BCUT2D eigenvalue weighted by atomic mass is 19.1. The summed E-state index contributed by atoms with van der Waals surface area (Å²) in [5, 5.41) is 9.25. The first-order valence-corrected chi connectivity index (χ1v) is 7.93. The first-order valence-electron chi connectivity index (χ1n) is 7.93. The second kappa shape index (κ2) is 8.26. The van der Waals surface area contributed by atoms with E-state index in [1.807, 2.05) is 0 Å². The lowest BCUT2D eigenvalue weighted by Crippen LogP contribution is -2.43. The van der Waals surface area contributed by atoms with E-state index in [1.165, 1.54) is 13.2 Å². The van der Waals surface area contributed by atoms with Crippen molar-refractivity contribution in [1.29, 1.82) is 0 Å². The second-order valence-corrected chi connectivity index (χ2v) is 6.14. The Morgan fingerprint density at radius 1 is 1.52 bits per heavy atom. The maximum atomic E-state index is 13.7. The minimum absolute atomic E-state index is 0.000170. The second-order valence-electron chi connectivity index (χ2n) is 6.14. The van der Waals surface area contributed by atoms with E-state index in [-0.39, 0.29) is 24.2 Å². The van der Waals surface area contributed by atoms with Crippen LogP contribution in [-0.4, -0.2) is 61.2 Å². The predicted molar refractivity (Wildman–Crippen MR) is 85.7 cm³/mol. The summed E-state index contributed by atoms with van der Waals surface area (Å²) in [6.07, 6.45) is 2.02. The molecule has 1 atom stereocenters. The van der Waals surface area contributed by atoms with Gasteiger partial charge in [0.05, 0.1) is 13.7 Å². The van der Waals surface area contributed by atoms with Gasteiger partial charge in [-0.05, 0) is 43.0 Å². The molecule has 0 spiro atoms. The minimum atomic E-state index is -0.423. The van der Waals surface area contributed by atoms with E-state index in [9.17, 15) is 14.3 Å². The summed E-state index contributed by atoms with van der Waals surface area (Å²) in [7, 11) is 3.14. The predicted octanol–water partition coefficient (Wildman–Crippen LogP) is 1.50. The number of aliphatic hydroxyl groups is 1. The summed E-state index contributed by atoms with van der Waals surface area (Å²) in [5.41, 5.74) is 0.728. The van der Waals surface area contributed by atoms with E-state index in [0.717, 1.165) is 31.5 Å². The third-order valence-corrected chi connectivity index (χ3v) is 4.28. The van der Waals surface area contributed by atoms with Crippen molar-refractivity contribution in [3.05, 3.63) is 29.6 Å². The number of hydrogen-bond acceptors (Lipinski definition) is 4. The normalized spacial score (nSPS) is 18.7. The monoisotopic (exact) mass is 324 g/mol. The number of likely N-dealkylation sites (N-methyl/N-ethyl adjacent to an activating group) is 1. The van der Waals surface area contributed by atoms with Crippen molar-refractivity contribution in [1.82, 2.24) is 9.80 Å². The van der Waals surface area contributed by atoms with Gasteiger partial charge in [-0.15, -0.1) is 0 Å². The first-order chi connectivity index (χ1) is 11.0. The number of hydrogen-bond donors (Lipinski definition) is 1. The van der Waals surface area contributed by atoms with Crippen molar-refractivity contribution in [2.75, 3.05) is 40.4 Å². The number of aliphatic hydroxyl groups excluding tert-OH is 1. The number of carbonyl (C=O) groups excluding carboxylic acids is 1. The molecule has 5 nitrogen and oxygen atoms in total. The molecule has 1 fully saturated rings. The Bertz CT molecular complexity index is 539. The molecule has 6 heteroatoms. The highest BCUT2D eigenvalue weighted by Crippen LogP contribution is 2.19. The molecule has 1 aliphatic rings. The van der Waals surface area contributed by atoms with Gasteiger partial charge in [0, 0.05) is 26.7 Å². The number of amides is 1. The molecule has 1 saturated heterocycles. The summed E-state index contributed by atoms with van der Waals surface area (Å²) in [6, 6.07) is 4.72. The van der Waals surface area contributed by atoms with Crippen LogP contribution >= 0.6 is 0 Å². The SMILES string of the molecule is COc1ccc(CN(C)C(=O)CN2CCCC(CO)C2)cc1F. The molecule has 0 saturated carbocycles. The number of likely N-dealkylation sites (tertiary alicyclic amines) is 1. The molecule has 1 amide bonds. The quantitative estimate of drug-likeness (QED) is 0.861. The van der Waals surface area contributed by atoms with Crippen LogP contribution in [-0.2, 0) is 11.3 Å². The number of benzene rings is 1. The van der Waals surface area contributed by atoms with Crippen LogP contribution in [0, 0.1) is 11.7 Å². The van der Waals surface area contributed by atoms with Crippen molar-refractivity contribution in [3.8, 4) is 5.75 Å². The molecule has 0 bridgehead atoms. The number of methoxy groups -OCH3 is 1. The van der Waals surface area contributed by atoms with E-state index in [2.05, 4.69) is 4.90 Å². The zero-order valence-corrected chi connectivity index (χ0v) is 13.8. The standard InChI is InChI=1S/C17H25FN2O3/c1-19(9-13-5-6-16(23-2)15(18)8-13)17(22)11-20-7-3-4-14(10-20)12-21/h5-6,8,14,21H,3-4,7,9-12H2,1-2H3. The van der Waals surface area contributed by atoms with Gasteiger partial charge in [-0.25, -0.2) is 4.39 Å². The Balaban J connectivity index is 1.88. The number of piperidine rings is 1. The lowest BCUT2D eigenvalue weighted by atomic mass is 9.99. The fraction of sp³-hybridized carbons (Fsp3) is 0.588. The molecule has 128 valence electrons. The van der Waals surface area contributed by atoms with Gasteiger partial charge < -0.3 is 14.7 Å². The lowest BCUT2D eigenvalue weighted by Gasteiger charge is -2.32. The van der Waals surface area contributed by atoms with Crippen molar-refractivity contribution in [3.63, 3.8) is 0 Å². The van der Waals surface area contributed by atoms with Crippen LogP contribution in [0.5, 0.6) is 5.75 Å². The van der Waals surface area contributed by atoms with Crippen LogP contribution in [0.15, 0.2) is 18.2 Å². The molecule has 0 radical (unpaired) electrons. The zero-order chi connectivity index (χ0) is 16.8. The maximum absolute atomic E-state index is 13.7. The largest absolute Gasteiger partial charge is 0.494 e. The van der Waals surface area contributed by atoms with Crippen molar-refractivity contribution in [2.45, 2.75) is 19.4 Å². The average molecular weight is 324 g/mol. The molecule has 1 aliphatic heterocycles. The molecular weight excluding hydrogens is 299 g/mol. The van der Waals surface area contributed by atoms with E-state index in [0.29, 0.717) is 13.1 Å². The first kappa shape index (κ1) is 17.7. The van der Waals surface area contributed by atoms with Gasteiger partial charge in [-0.1, -0.05) is 6.07 Å². The Morgan fingerprint density at radius 3 is 2.96 bits per heavy atom. The van der Waals surface area contributed by atoms with Crippen LogP contribution in [0.2, 0.25) is 0 Å². The van der Waals surface area contributed by atoms with E-state index >= 15 is 0 Å². The molecule has 23 heavy (non-hydrogen) atoms. The number of carbonyl (C=O) groups is 1. The summed E-state index contributed by atoms with van der Waals surface area (Å²) >= 11 is 0. The average Bonchev–Trinajstić information content (AvgIpc) is 2.55. The third-order valence-electron chi connectivity index (χ3n) is 4.28. The topological polar surface area (TPSA) is 53.0 Å². The number of rotatable bonds is 6. The smallest absolute Gasteiger partial charge is 0.236 e. The van der Waals surface area contributed by atoms with Crippen LogP contribution in [0.3, 0.4) is 0 Å². The van der Waals surface area contributed by atoms with Crippen LogP contribution in [0.4, 0.5) is 4.39 Å². The zero-order valence-electron chi connectivity index (χ0n) is 13.8. The summed E-state index contributed by atoms with van der Waals surface area (Å²) in [5.74, 6) is 0.0381. The highest BCUT2D eigenvalue weighted by molar-refractivity contribution is 5.78. The van der Waals surface area contributed by atoms with Crippen LogP contribution in [0.1, 0.15) is 18.4 Å². The molecule has 0 aliphatic carbocycles.